The summed E-state index contributed by atoms with van der Waals surface area (Å²) in [5.41, 5.74) is 2.95. The molecule has 2 aliphatic rings. The summed E-state index contributed by atoms with van der Waals surface area (Å²) in [6.45, 7) is 3.57. The van der Waals surface area contributed by atoms with Crippen molar-refractivity contribution >= 4 is 17.4 Å². The Labute approximate surface area is 186 Å². The Bertz CT molecular complexity index is 877. The smallest absolute Gasteiger partial charge is 0.238 e. The first kappa shape index (κ1) is 21.8. The molecule has 0 atom stereocenters. The third kappa shape index (κ3) is 5.07. The average molecular weight is 419 g/mol. The van der Waals surface area contributed by atoms with Gasteiger partial charge >= 0.3 is 0 Å². The molecule has 2 aromatic rings. The highest BCUT2D eigenvalue weighted by molar-refractivity contribution is 5.92. The van der Waals surface area contributed by atoms with Gasteiger partial charge in [0.15, 0.2) is 0 Å². The van der Waals surface area contributed by atoms with Crippen molar-refractivity contribution in [2.45, 2.75) is 63.2 Å². The molecule has 0 bridgehead atoms. The van der Waals surface area contributed by atoms with Crippen LogP contribution in [0.2, 0.25) is 0 Å². The number of benzene rings is 2. The molecule has 2 fully saturated rings. The standard InChI is InChI=1S/C27H34N2O2/c1-21(30)27(24-10-6-3-7-11-24)16-18-29(19-17-27)20-26(31)28-25-14-12-23(13-15-25)22-8-4-2-5-9-22/h3,6-7,10-15,22H,2,4-5,8-9,16-20H2,1H3,(H,28,31). The number of carbonyl (C=O) groups is 2. The molecule has 4 rings (SSSR count). The van der Waals surface area contributed by atoms with E-state index >= 15 is 0 Å². The fraction of sp³-hybridized carbons (Fsp3) is 0.481. The van der Waals surface area contributed by atoms with E-state index < -0.39 is 5.41 Å². The largest absolute Gasteiger partial charge is 0.325 e. The maximum atomic E-state index is 12.6. The van der Waals surface area contributed by atoms with Crippen LogP contribution < -0.4 is 5.32 Å². The van der Waals surface area contributed by atoms with Crippen molar-refractivity contribution in [1.82, 2.24) is 4.90 Å². The van der Waals surface area contributed by atoms with Gasteiger partial charge in [-0.25, -0.2) is 0 Å². The van der Waals surface area contributed by atoms with Crippen LogP contribution in [0.25, 0.3) is 0 Å². The zero-order valence-electron chi connectivity index (χ0n) is 18.6. The third-order valence-corrected chi connectivity index (χ3v) is 7.35. The number of Topliss-reactive ketones (excluding diaryl/α,β-unsaturated/α-hetero) is 1. The van der Waals surface area contributed by atoms with Crippen molar-refractivity contribution in [3.8, 4) is 0 Å². The Kier molecular flexibility index (Phi) is 6.86. The van der Waals surface area contributed by atoms with Crippen molar-refractivity contribution in [3.63, 3.8) is 0 Å². The molecule has 0 aromatic heterocycles. The van der Waals surface area contributed by atoms with Crippen LogP contribution in [0.4, 0.5) is 5.69 Å². The van der Waals surface area contributed by atoms with E-state index in [2.05, 4.69) is 34.5 Å². The first-order valence-corrected chi connectivity index (χ1v) is 11.8. The van der Waals surface area contributed by atoms with Crippen LogP contribution in [0.15, 0.2) is 54.6 Å². The summed E-state index contributed by atoms with van der Waals surface area (Å²) in [4.78, 5) is 27.3. The molecule has 0 spiro atoms. The zero-order chi connectivity index (χ0) is 21.7. The average Bonchev–Trinajstić information content (AvgIpc) is 2.81. The predicted molar refractivity (Wildman–Crippen MR) is 125 cm³/mol. The zero-order valence-corrected chi connectivity index (χ0v) is 18.6. The molecule has 1 aliphatic heterocycles. The van der Waals surface area contributed by atoms with Gasteiger partial charge in [0.25, 0.3) is 0 Å². The molecule has 1 aliphatic carbocycles. The number of piperidine rings is 1. The highest BCUT2D eigenvalue weighted by Crippen LogP contribution is 2.36. The molecule has 1 amide bonds. The van der Waals surface area contributed by atoms with Crippen LogP contribution in [0.3, 0.4) is 0 Å². The maximum absolute atomic E-state index is 12.6. The van der Waals surface area contributed by atoms with Crippen LogP contribution in [-0.4, -0.2) is 36.2 Å². The minimum atomic E-state index is -0.414. The molecule has 0 radical (unpaired) electrons. The topological polar surface area (TPSA) is 49.4 Å². The lowest BCUT2D eigenvalue weighted by Crippen LogP contribution is -2.48. The molecular weight excluding hydrogens is 384 g/mol. The predicted octanol–water partition coefficient (Wildman–Crippen LogP) is 5.30. The summed E-state index contributed by atoms with van der Waals surface area (Å²) in [5.74, 6) is 0.916. The molecule has 164 valence electrons. The van der Waals surface area contributed by atoms with E-state index in [0.29, 0.717) is 12.5 Å². The number of ketones is 1. The molecule has 1 heterocycles. The van der Waals surface area contributed by atoms with Crippen molar-refractivity contribution in [2.75, 3.05) is 25.0 Å². The van der Waals surface area contributed by atoms with Crippen LogP contribution >= 0.6 is 0 Å². The quantitative estimate of drug-likeness (QED) is 0.693. The highest BCUT2D eigenvalue weighted by Gasteiger charge is 2.40. The second-order valence-corrected chi connectivity index (χ2v) is 9.29. The van der Waals surface area contributed by atoms with Crippen LogP contribution in [0, 0.1) is 0 Å². The number of hydrogen-bond donors (Lipinski definition) is 1. The van der Waals surface area contributed by atoms with Gasteiger partial charge in [-0.15, -0.1) is 0 Å². The monoisotopic (exact) mass is 418 g/mol. The minimum Gasteiger partial charge on any atom is -0.325 e. The number of likely N-dealkylation sites (tertiary alicyclic amines) is 1. The summed E-state index contributed by atoms with van der Waals surface area (Å²) in [6, 6.07) is 18.5. The summed E-state index contributed by atoms with van der Waals surface area (Å²) in [7, 11) is 0. The lowest BCUT2D eigenvalue weighted by Gasteiger charge is -2.40. The third-order valence-electron chi connectivity index (χ3n) is 7.35. The number of carbonyl (C=O) groups excluding carboxylic acids is 2. The Morgan fingerprint density at radius 1 is 0.935 bits per heavy atom. The Morgan fingerprint density at radius 3 is 2.19 bits per heavy atom. The number of hydrogen-bond acceptors (Lipinski definition) is 3. The van der Waals surface area contributed by atoms with Gasteiger partial charge in [0, 0.05) is 5.69 Å². The highest BCUT2D eigenvalue weighted by atomic mass is 16.2. The fourth-order valence-electron chi connectivity index (χ4n) is 5.37. The van der Waals surface area contributed by atoms with Crippen molar-refractivity contribution < 1.29 is 9.59 Å². The Balaban J connectivity index is 1.30. The minimum absolute atomic E-state index is 0.0143. The van der Waals surface area contributed by atoms with Crippen molar-refractivity contribution in [2.24, 2.45) is 0 Å². The van der Waals surface area contributed by atoms with E-state index in [1.54, 1.807) is 6.92 Å². The Morgan fingerprint density at radius 2 is 1.58 bits per heavy atom. The number of nitrogens with zero attached hydrogens (tertiary/aromatic N) is 1. The van der Waals surface area contributed by atoms with E-state index in [1.807, 2.05) is 30.3 Å². The second-order valence-electron chi connectivity index (χ2n) is 9.29. The van der Waals surface area contributed by atoms with E-state index in [0.717, 1.165) is 37.2 Å². The summed E-state index contributed by atoms with van der Waals surface area (Å²) in [6.07, 6.45) is 8.10. The number of rotatable bonds is 6. The van der Waals surface area contributed by atoms with Crippen LogP contribution in [-0.2, 0) is 15.0 Å². The number of amides is 1. The van der Waals surface area contributed by atoms with E-state index in [4.69, 9.17) is 0 Å². The van der Waals surface area contributed by atoms with Gasteiger partial charge in [0.2, 0.25) is 5.91 Å². The van der Waals surface area contributed by atoms with Gasteiger partial charge in [-0.1, -0.05) is 61.7 Å². The normalized spacial score (nSPS) is 19.6. The first-order valence-electron chi connectivity index (χ1n) is 11.8. The molecule has 4 heteroatoms. The van der Waals surface area contributed by atoms with Gasteiger partial charge in [0.1, 0.15) is 5.78 Å². The fourth-order valence-corrected chi connectivity index (χ4v) is 5.37. The molecular formula is C27H34N2O2. The van der Waals surface area contributed by atoms with Crippen LogP contribution in [0.5, 0.6) is 0 Å². The lowest BCUT2D eigenvalue weighted by molar-refractivity contribution is -0.124. The SMILES string of the molecule is CC(=O)C1(c2ccccc2)CCN(CC(=O)Nc2ccc(C3CCCCC3)cc2)CC1. The van der Waals surface area contributed by atoms with Crippen molar-refractivity contribution in [1.29, 1.82) is 0 Å². The van der Waals surface area contributed by atoms with E-state index in [1.165, 1.54) is 37.7 Å². The molecule has 1 saturated heterocycles. The molecule has 31 heavy (non-hydrogen) atoms. The molecule has 1 saturated carbocycles. The summed E-state index contributed by atoms with van der Waals surface area (Å²) >= 11 is 0. The number of anilines is 1. The van der Waals surface area contributed by atoms with Gasteiger partial charge in [-0.05, 0) is 74.9 Å². The summed E-state index contributed by atoms with van der Waals surface area (Å²) in [5, 5.41) is 3.05. The molecule has 1 N–H and O–H groups in total. The summed E-state index contributed by atoms with van der Waals surface area (Å²) < 4.78 is 0. The van der Waals surface area contributed by atoms with E-state index in [9.17, 15) is 9.59 Å². The van der Waals surface area contributed by atoms with Gasteiger partial charge in [-0.2, -0.15) is 0 Å². The number of nitrogens with one attached hydrogen (secondary N) is 1. The first-order chi connectivity index (χ1) is 15.1. The van der Waals surface area contributed by atoms with Gasteiger partial charge < -0.3 is 5.32 Å². The van der Waals surface area contributed by atoms with E-state index in [-0.39, 0.29) is 11.7 Å². The van der Waals surface area contributed by atoms with Gasteiger partial charge in [-0.3, -0.25) is 14.5 Å². The van der Waals surface area contributed by atoms with Gasteiger partial charge in [0.05, 0.1) is 12.0 Å². The molecule has 4 nitrogen and oxygen atoms in total. The molecule has 2 aromatic carbocycles. The molecule has 0 unspecified atom stereocenters. The second kappa shape index (κ2) is 9.78. The maximum Gasteiger partial charge on any atom is 0.238 e. The lowest BCUT2D eigenvalue weighted by atomic mass is 9.70. The van der Waals surface area contributed by atoms with Crippen LogP contribution in [0.1, 0.15) is 68.9 Å². The van der Waals surface area contributed by atoms with Crippen molar-refractivity contribution in [3.05, 3.63) is 65.7 Å². The Hall–Kier alpha value is -2.46.